The largest absolute Gasteiger partial charge is 0.302 e. The summed E-state index contributed by atoms with van der Waals surface area (Å²) in [6.07, 6.45) is 2.42. The average Bonchev–Trinajstić information content (AvgIpc) is 3.07. The normalized spacial score (nSPS) is 16.4. The predicted octanol–water partition coefficient (Wildman–Crippen LogP) is 5.06. The van der Waals surface area contributed by atoms with Crippen molar-refractivity contribution in [1.29, 1.82) is 0 Å². The number of likely N-dealkylation sites (tertiary alicyclic amines) is 1. The fourth-order valence-electron chi connectivity index (χ4n) is 3.07. The van der Waals surface area contributed by atoms with Crippen LogP contribution in [0.4, 0.5) is 0 Å². The summed E-state index contributed by atoms with van der Waals surface area (Å²) in [5.74, 6) is -0.0394. The summed E-state index contributed by atoms with van der Waals surface area (Å²) >= 11 is 11.9. The summed E-state index contributed by atoms with van der Waals surface area (Å²) in [5.41, 5.74) is 1.72. The van der Waals surface area contributed by atoms with Gasteiger partial charge in [0.05, 0.1) is 5.92 Å². The molecule has 2 nitrogen and oxygen atoms in total. The molecule has 0 amide bonds. The minimum Gasteiger partial charge on any atom is -0.302 e. The number of halogens is 2. The van der Waals surface area contributed by atoms with Crippen LogP contribution in [0.1, 0.15) is 34.7 Å². The summed E-state index contributed by atoms with van der Waals surface area (Å²) in [5, 5.41) is 1.33. The number of Topliss-reactive ketones (excluding diaryl/α,β-unsaturated/α-hetero) is 1. The van der Waals surface area contributed by atoms with Crippen LogP contribution < -0.4 is 0 Å². The maximum Gasteiger partial charge on any atom is 0.171 e. The van der Waals surface area contributed by atoms with E-state index in [-0.39, 0.29) is 11.7 Å². The smallest absolute Gasteiger partial charge is 0.171 e. The van der Waals surface area contributed by atoms with Gasteiger partial charge in [0.15, 0.2) is 5.78 Å². The summed E-state index contributed by atoms with van der Waals surface area (Å²) < 4.78 is 0. The molecule has 0 radical (unpaired) electrons. The van der Waals surface area contributed by atoms with Crippen molar-refractivity contribution in [3.05, 3.63) is 69.7 Å². The van der Waals surface area contributed by atoms with Crippen LogP contribution in [-0.2, 0) is 0 Å². The quantitative estimate of drug-likeness (QED) is 0.705. The summed E-state index contributed by atoms with van der Waals surface area (Å²) in [6.45, 7) is 2.89. The second-order valence-electron chi connectivity index (χ2n) is 5.98. The SMILES string of the molecule is O=C(c1ccc(Cl)cc1)C(CN1CCCC1)c1ccc(Cl)cc1. The molecule has 2 aromatic rings. The molecule has 1 fully saturated rings. The third kappa shape index (κ3) is 4.14. The summed E-state index contributed by atoms with van der Waals surface area (Å²) in [4.78, 5) is 15.4. The zero-order chi connectivity index (χ0) is 16.2. The number of hydrogen-bond donors (Lipinski definition) is 0. The molecule has 0 saturated carbocycles. The lowest BCUT2D eigenvalue weighted by atomic mass is 9.90. The van der Waals surface area contributed by atoms with Crippen LogP contribution in [0.15, 0.2) is 48.5 Å². The topological polar surface area (TPSA) is 20.3 Å². The lowest BCUT2D eigenvalue weighted by Crippen LogP contribution is -2.30. The molecule has 0 N–H and O–H groups in total. The molecule has 120 valence electrons. The Morgan fingerprint density at radius 3 is 2.00 bits per heavy atom. The molecule has 4 heteroatoms. The van der Waals surface area contributed by atoms with Gasteiger partial charge in [-0.1, -0.05) is 35.3 Å². The number of carbonyl (C=O) groups is 1. The highest BCUT2D eigenvalue weighted by Crippen LogP contribution is 2.26. The second-order valence-corrected chi connectivity index (χ2v) is 6.86. The van der Waals surface area contributed by atoms with E-state index in [1.165, 1.54) is 12.8 Å². The van der Waals surface area contributed by atoms with Gasteiger partial charge in [-0.05, 0) is 67.9 Å². The van der Waals surface area contributed by atoms with Crippen molar-refractivity contribution in [2.45, 2.75) is 18.8 Å². The average molecular weight is 348 g/mol. The van der Waals surface area contributed by atoms with Gasteiger partial charge in [-0.25, -0.2) is 0 Å². The third-order valence-electron chi connectivity index (χ3n) is 4.36. The van der Waals surface area contributed by atoms with Crippen LogP contribution in [0.5, 0.6) is 0 Å². The van der Waals surface area contributed by atoms with E-state index < -0.39 is 0 Å². The highest BCUT2D eigenvalue weighted by Gasteiger charge is 2.26. The van der Waals surface area contributed by atoms with Crippen LogP contribution in [0.25, 0.3) is 0 Å². The molecule has 0 aromatic heterocycles. The predicted molar refractivity (Wildman–Crippen MR) is 95.6 cm³/mol. The van der Waals surface area contributed by atoms with Gasteiger partial charge in [0.25, 0.3) is 0 Å². The monoisotopic (exact) mass is 347 g/mol. The fraction of sp³-hybridized carbons (Fsp3) is 0.316. The lowest BCUT2D eigenvalue weighted by molar-refractivity contribution is 0.0939. The molecule has 1 atom stereocenters. The van der Waals surface area contributed by atoms with Gasteiger partial charge in [0.1, 0.15) is 0 Å². The number of hydrogen-bond acceptors (Lipinski definition) is 2. The molecule has 1 aliphatic rings. The second kappa shape index (κ2) is 7.48. The van der Waals surface area contributed by atoms with E-state index >= 15 is 0 Å². The minimum atomic E-state index is -0.174. The Balaban J connectivity index is 1.88. The van der Waals surface area contributed by atoms with Crippen molar-refractivity contribution >= 4 is 29.0 Å². The van der Waals surface area contributed by atoms with Crippen LogP contribution in [0.2, 0.25) is 10.0 Å². The first kappa shape index (κ1) is 16.5. The standard InChI is InChI=1S/C19H19Cl2NO/c20-16-7-3-14(4-8-16)18(13-22-11-1-2-12-22)19(23)15-5-9-17(21)10-6-15/h3-10,18H,1-2,11-13H2. The minimum absolute atomic E-state index is 0.135. The molecule has 1 unspecified atom stereocenters. The molecule has 1 aliphatic heterocycles. The van der Waals surface area contributed by atoms with E-state index in [4.69, 9.17) is 23.2 Å². The Morgan fingerprint density at radius 2 is 1.43 bits per heavy atom. The van der Waals surface area contributed by atoms with Crippen LogP contribution in [0.3, 0.4) is 0 Å². The Hall–Kier alpha value is -1.35. The highest BCUT2D eigenvalue weighted by molar-refractivity contribution is 6.31. The van der Waals surface area contributed by atoms with Gasteiger partial charge in [-0.3, -0.25) is 4.79 Å². The molecule has 2 aromatic carbocycles. The number of nitrogens with zero attached hydrogens (tertiary/aromatic N) is 1. The Bertz CT molecular complexity index is 661. The Labute approximate surface area is 147 Å². The first-order valence-electron chi connectivity index (χ1n) is 7.91. The van der Waals surface area contributed by atoms with Gasteiger partial charge in [-0.15, -0.1) is 0 Å². The van der Waals surface area contributed by atoms with Gasteiger partial charge in [0, 0.05) is 22.2 Å². The number of carbonyl (C=O) groups excluding carboxylic acids is 1. The first-order chi connectivity index (χ1) is 11.1. The molecule has 3 rings (SSSR count). The van der Waals surface area contributed by atoms with E-state index in [2.05, 4.69) is 4.90 Å². The van der Waals surface area contributed by atoms with Crippen molar-refractivity contribution in [1.82, 2.24) is 4.90 Å². The Kier molecular flexibility index (Phi) is 5.37. The molecule has 0 bridgehead atoms. The van der Waals surface area contributed by atoms with Gasteiger partial charge in [-0.2, -0.15) is 0 Å². The van der Waals surface area contributed by atoms with E-state index in [1.54, 1.807) is 24.3 Å². The van der Waals surface area contributed by atoms with Crippen LogP contribution in [0, 0.1) is 0 Å². The number of rotatable bonds is 5. The fourth-order valence-corrected chi connectivity index (χ4v) is 3.33. The van der Waals surface area contributed by atoms with Gasteiger partial charge >= 0.3 is 0 Å². The lowest BCUT2D eigenvalue weighted by Gasteiger charge is -2.23. The summed E-state index contributed by atoms with van der Waals surface area (Å²) in [6, 6.07) is 14.8. The summed E-state index contributed by atoms with van der Waals surface area (Å²) in [7, 11) is 0. The van der Waals surface area contributed by atoms with Crippen molar-refractivity contribution in [3.8, 4) is 0 Å². The van der Waals surface area contributed by atoms with E-state index in [0.29, 0.717) is 15.6 Å². The van der Waals surface area contributed by atoms with E-state index in [0.717, 1.165) is 25.2 Å². The molecular weight excluding hydrogens is 329 g/mol. The van der Waals surface area contributed by atoms with E-state index in [1.807, 2.05) is 24.3 Å². The van der Waals surface area contributed by atoms with Crippen molar-refractivity contribution < 1.29 is 4.79 Å². The maximum absolute atomic E-state index is 13.0. The molecular formula is C19H19Cl2NO. The van der Waals surface area contributed by atoms with Crippen molar-refractivity contribution in [2.24, 2.45) is 0 Å². The zero-order valence-corrected chi connectivity index (χ0v) is 14.4. The Morgan fingerprint density at radius 1 is 0.913 bits per heavy atom. The molecule has 23 heavy (non-hydrogen) atoms. The molecule has 0 aliphatic carbocycles. The molecule has 0 spiro atoms. The van der Waals surface area contributed by atoms with Crippen molar-refractivity contribution in [2.75, 3.05) is 19.6 Å². The van der Waals surface area contributed by atoms with Crippen LogP contribution in [-0.4, -0.2) is 30.3 Å². The third-order valence-corrected chi connectivity index (χ3v) is 4.86. The van der Waals surface area contributed by atoms with E-state index in [9.17, 15) is 4.79 Å². The highest BCUT2D eigenvalue weighted by atomic mass is 35.5. The van der Waals surface area contributed by atoms with Crippen molar-refractivity contribution in [3.63, 3.8) is 0 Å². The maximum atomic E-state index is 13.0. The number of benzene rings is 2. The zero-order valence-electron chi connectivity index (χ0n) is 12.8. The molecule has 1 heterocycles. The van der Waals surface area contributed by atoms with Gasteiger partial charge < -0.3 is 4.90 Å². The number of ketones is 1. The molecule has 1 saturated heterocycles. The van der Waals surface area contributed by atoms with Gasteiger partial charge in [0.2, 0.25) is 0 Å². The first-order valence-corrected chi connectivity index (χ1v) is 8.67. The van der Waals surface area contributed by atoms with Crippen LogP contribution >= 0.6 is 23.2 Å².